The van der Waals surface area contributed by atoms with Crippen molar-refractivity contribution >= 4 is 11.8 Å². The first-order valence-corrected chi connectivity index (χ1v) is 8.09. The van der Waals surface area contributed by atoms with E-state index >= 15 is 0 Å². The lowest BCUT2D eigenvalue weighted by Crippen LogP contribution is -2.04. The molecule has 6 nitrogen and oxygen atoms in total. The van der Waals surface area contributed by atoms with Crippen LogP contribution in [-0.4, -0.2) is 39.7 Å². The molecule has 0 amide bonds. The Bertz CT molecular complexity index is 749. The van der Waals surface area contributed by atoms with E-state index in [1.165, 1.54) is 11.8 Å². The van der Waals surface area contributed by atoms with Crippen LogP contribution in [-0.2, 0) is 0 Å². The van der Waals surface area contributed by atoms with Gasteiger partial charge in [0.25, 0.3) is 0 Å². The molecule has 1 aromatic heterocycles. The fraction of sp³-hybridized carbons (Fsp3) is 0.188. The highest BCUT2D eigenvalue weighted by atomic mass is 32.2. The van der Waals surface area contributed by atoms with Crippen LogP contribution in [0, 0.1) is 0 Å². The number of methoxy groups -OCH3 is 1. The Labute approximate surface area is 138 Å². The standard InChI is InChI=1S/C16H16N4O2S/c1-21-15-10-6-5-9-14(15)20-16(17-18-19-20)23-12-11-22-13-7-3-2-4-8-13/h2-10H,11-12H2,1H3. The molecule has 2 aromatic carbocycles. The summed E-state index contributed by atoms with van der Waals surface area (Å²) in [5.41, 5.74) is 0.812. The molecular weight excluding hydrogens is 312 g/mol. The molecule has 0 aliphatic rings. The van der Waals surface area contributed by atoms with Crippen molar-refractivity contribution in [1.29, 1.82) is 0 Å². The van der Waals surface area contributed by atoms with E-state index in [0.717, 1.165) is 22.9 Å². The molecule has 1 heterocycles. The maximum absolute atomic E-state index is 5.67. The van der Waals surface area contributed by atoms with Gasteiger partial charge in [0.1, 0.15) is 17.2 Å². The zero-order chi connectivity index (χ0) is 15.9. The average Bonchev–Trinajstić information content (AvgIpc) is 3.08. The number of nitrogens with zero attached hydrogens (tertiary/aromatic N) is 4. The molecule has 118 valence electrons. The van der Waals surface area contributed by atoms with Crippen molar-refractivity contribution in [3.8, 4) is 17.2 Å². The third-order valence-corrected chi connectivity index (χ3v) is 3.96. The average molecular weight is 328 g/mol. The number of para-hydroxylation sites is 3. The monoisotopic (exact) mass is 328 g/mol. The van der Waals surface area contributed by atoms with Crippen LogP contribution in [0.3, 0.4) is 0 Å². The fourth-order valence-corrected chi connectivity index (χ4v) is 2.73. The topological polar surface area (TPSA) is 62.1 Å². The number of rotatable bonds is 7. The van der Waals surface area contributed by atoms with Crippen molar-refractivity contribution < 1.29 is 9.47 Å². The Morgan fingerprint density at radius 1 is 1.04 bits per heavy atom. The number of ether oxygens (including phenoxy) is 2. The summed E-state index contributed by atoms with van der Waals surface area (Å²) >= 11 is 1.53. The Hall–Kier alpha value is -2.54. The second kappa shape index (κ2) is 7.64. The molecular formula is C16H16N4O2S. The van der Waals surface area contributed by atoms with Crippen molar-refractivity contribution in [2.24, 2.45) is 0 Å². The Kier molecular flexibility index (Phi) is 5.10. The molecule has 0 saturated heterocycles. The van der Waals surface area contributed by atoms with E-state index < -0.39 is 0 Å². The molecule has 0 spiro atoms. The molecule has 23 heavy (non-hydrogen) atoms. The molecule has 0 unspecified atom stereocenters. The predicted octanol–water partition coefficient (Wildman–Crippen LogP) is 2.84. The number of benzene rings is 2. The zero-order valence-corrected chi connectivity index (χ0v) is 13.4. The molecule has 0 N–H and O–H groups in total. The van der Waals surface area contributed by atoms with Crippen LogP contribution in [0.1, 0.15) is 0 Å². The number of hydrogen-bond donors (Lipinski definition) is 0. The van der Waals surface area contributed by atoms with E-state index in [2.05, 4.69) is 15.5 Å². The second-order valence-corrected chi connectivity index (χ2v) is 5.62. The number of tetrazole rings is 1. The normalized spacial score (nSPS) is 10.5. The first-order valence-electron chi connectivity index (χ1n) is 7.11. The largest absolute Gasteiger partial charge is 0.494 e. The Balaban J connectivity index is 1.63. The van der Waals surface area contributed by atoms with Crippen molar-refractivity contribution in [3.05, 3.63) is 54.6 Å². The van der Waals surface area contributed by atoms with Crippen LogP contribution >= 0.6 is 11.8 Å². The molecule has 0 saturated carbocycles. The summed E-state index contributed by atoms with van der Waals surface area (Å²) in [5, 5.41) is 12.6. The summed E-state index contributed by atoms with van der Waals surface area (Å²) < 4.78 is 12.7. The van der Waals surface area contributed by atoms with Gasteiger partial charge in [0, 0.05) is 5.75 Å². The predicted molar refractivity (Wildman–Crippen MR) is 88.4 cm³/mol. The highest BCUT2D eigenvalue weighted by molar-refractivity contribution is 7.99. The molecule has 7 heteroatoms. The summed E-state index contributed by atoms with van der Waals surface area (Å²) in [6.45, 7) is 0.577. The highest BCUT2D eigenvalue weighted by Gasteiger charge is 2.12. The maximum atomic E-state index is 5.67. The molecule has 0 radical (unpaired) electrons. The van der Waals surface area contributed by atoms with Crippen LogP contribution in [0.25, 0.3) is 5.69 Å². The van der Waals surface area contributed by atoms with E-state index in [-0.39, 0.29) is 0 Å². The molecule has 0 bridgehead atoms. The van der Waals surface area contributed by atoms with Crippen molar-refractivity contribution in [2.45, 2.75) is 5.16 Å². The molecule has 0 fully saturated rings. The van der Waals surface area contributed by atoms with Gasteiger partial charge in [0.05, 0.1) is 13.7 Å². The van der Waals surface area contributed by atoms with Crippen molar-refractivity contribution in [3.63, 3.8) is 0 Å². The second-order valence-electron chi connectivity index (χ2n) is 4.56. The van der Waals surface area contributed by atoms with Gasteiger partial charge in [0.15, 0.2) is 0 Å². The molecule has 0 aliphatic heterocycles. The van der Waals surface area contributed by atoms with Gasteiger partial charge in [-0.2, -0.15) is 4.68 Å². The molecule has 0 aliphatic carbocycles. The fourth-order valence-electron chi connectivity index (χ4n) is 2.03. The first kappa shape index (κ1) is 15.4. The van der Waals surface area contributed by atoms with Crippen molar-refractivity contribution in [2.75, 3.05) is 19.5 Å². The summed E-state index contributed by atoms with van der Waals surface area (Å²) in [7, 11) is 1.63. The van der Waals surface area contributed by atoms with E-state index in [0.29, 0.717) is 11.8 Å². The first-order chi connectivity index (χ1) is 11.4. The zero-order valence-electron chi connectivity index (χ0n) is 12.6. The minimum Gasteiger partial charge on any atom is -0.494 e. The van der Waals surface area contributed by atoms with Gasteiger partial charge in [-0.05, 0) is 34.7 Å². The summed E-state index contributed by atoms with van der Waals surface area (Å²) in [5.74, 6) is 2.32. The third-order valence-electron chi connectivity index (χ3n) is 3.08. The van der Waals surface area contributed by atoms with E-state index in [1.54, 1.807) is 11.8 Å². The van der Waals surface area contributed by atoms with Crippen molar-refractivity contribution in [1.82, 2.24) is 20.2 Å². The van der Waals surface area contributed by atoms with Crippen LogP contribution in [0.2, 0.25) is 0 Å². The van der Waals surface area contributed by atoms with Gasteiger partial charge in [-0.3, -0.25) is 0 Å². The molecule has 3 aromatic rings. The quantitative estimate of drug-likeness (QED) is 0.491. The lowest BCUT2D eigenvalue weighted by Gasteiger charge is -2.09. The summed E-state index contributed by atoms with van der Waals surface area (Å²) in [4.78, 5) is 0. The van der Waals surface area contributed by atoms with Gasteiger partial charge in [-0.15, -0.1) is 5.10 Å². The lowest BCUT2D eigenvalue weighted by molar-refractivity contribution is 0.344. The number of thioether (sulfide) groups is 1. The minimum atomic E-state index is 0.577. The van der Waals surface area contributed by atoms with E-state index in [4.69, 9.17) is 9.47 Å². The lowest BCUT2D eigenvalue weighted by atomic mass is 10.3. The van der Waals surface area contributed by atoms with Crippen LogP contribution in [0.5, 0.6) is 11.5 Å². The minimum absolute atomic E-state index is 0.577. The van der Waals surface area contributed by atoms with Gasteiger partial charge in [-0.25, -0.2) is 0 Å². The summed E-state index contributed by atoms with van der Waals surface area (Å²) in [6.07, 6.45) is 0. The summed E-state index contributed by atoms with van der Waals surface area (Å²) in [6, 6.07) is 17.4. The van der Waals surface area contributed by atoms with Crippen LogP contribution in [0.4, 0.5) is 0 Å². The van der Waals surface area contributed by atoms with Gasteiger partial charge < -0.3 is 9.47 Å². The molecule has 0 atom stereocenters. The maximum Gasteiger partial charge on any atom is 0.214 e. The van der Waals surface area contributed by atoms with E-state index in [1.807, 2.05) is 54.6 Å². The highest BCUT2D eigenvalue weighted by Crippen LogP contribution is 2.25. The third kappa shape index (κ3) is 3.81. The Morgan fingerprint density at radius 3 is 2.65 bits per heavy atom. The molecule has 3 rings (SSSR count). The smallest absolute Gasteiger partial charge is 0.214 e. The van der Waals surface area contributed by atoms with Gasteiger partial charge in [0.2, 0.25) is 5.16 Å². The van der Waals surface area contributed by atoms with Crippen LogP contribution < -0.4 is 9.47 Å². The van der Waals surface area contributed by atoms with Gasteiger partial charge >= 0.3 is 0 Å². The number of aromatic nitrogens is 4. The van der Waals surface area contributed by atoms with E-state index in [9.17, 15) is 0 Å². The van der Waals surface area contributed by atoms with Crippen LogP contribution in [0.15, 0.2) is 59.8 Å². The Morgan fingerprint density at radius 2 is 1.83 bits per heavy atom. The SMILES string of the molecule is COc1ccccc1-n1nnnc1SCCOc1ccccc1. The van der Waals surface area contributed by atoms with Gasteiger partial charge in [-0.1, -0.05) is 42.1 Å². The number of hydrogen-bond acceptors (Lipinski definition) is 6.